The number of piperidine rings is 1. The highest BCUT2D eigenvalue weighted by atomic mass is 32.1. The fourth-order valence-electron chi connectivity index (χ4n) is 4.18. The van der Waals surface area contributed by atoms with Crippen LogP contribution in [0.5, 0.6) is 0 Å². The van der Waals surface area contributed by atoms with Crippen LogP contribution in [0.25, 0.3) is 26.1 Å². The Hall–Kier alpha value is -2.26. The smallest absolute Gasteiger partial charge is 0.280 e. The fourth-order valence-corrected chi connectivity index (χ4v) is 5.37. The van der Waals surface area contributed by atoms with Crippen LogP contribution in [0.4, 0.5) is 8.78 Å². The number of aryl methyl sites for hydroxylation is 1. The highest BCUT2D eigenvalue weighted by molar-refractivity contribution is 7.26. The van der Waals surface area contributed by atoms with Crippen LogP contribution in [0.2, 0.25) is 0 Å². The third kappa shape index (κ3) is 3.26. The molecule has 1 aliphatic rings. The molecule has 1 aliphatic heterocycles. The number of aromatic nitrogens is 5. The van der Waals surface area contributed by atoms with Crippen molar-refractivity contribution in [2.75, 3.05) is 19.6 Å². The van der Waals surface area contributed by atoms with E-state index < -0.39 is 6.43 Å². The fraction of sp³-hybridized carbons (Fsp3) is 0.500. The maximum Gasteiger partial charge on any atom is 0.280 e. The molecule has 0 saturated carbocycles. The summed E-state index contributed by atoms with van der Waals surface area (Å²) in [7, 11) is 0. The standard InChI is InChI=1S/C20H22F2N6S/c1-11-8-13(17(21)22)24-20-14(11)15-16(29-20)19-25-18(26-28(19)10-23-15)12(2)9-27-6-4-3-5-7-27/h8,10,12,17H,3-7,9H2,1-2H3/t12-/m0/s1. The van der Waals surface area contributed by atoms with Gasteiger partial charge in [0.2, 0.25) is 0 Å². The Kier molecular flexibility index (Phi) is 4.66. The zero-order valence-electron chi connectivity index (χ0n) is 16.4. The Labute approximate surface area is 170 Å². The zero-order chi connectivity index (χ0) is 20.1. The molecule has 1 fully saturated rings. The minimum atomic E-state index is -2.59. The first-order valence-electron chi connectivity index (χ1n) is 9.97. The van der Waals surface area contributed by atoms with E-state index in [2.05, 4.69) is 26.9 Å². The molecule has 0 spiro atoms. The molecule has 0 N–H and O–H groups in total. The molecule has 5 rings (SSSR count). The lowest BCUT2D eigenvalue weighted by Crippen LogP contribution is -2.33. The van der Waals surface area contributed by atoms with Gasteiger partial charge in [0.05, 0.1) is 5.52 Å². The van der Waals surface area contributed by atoms with Crippen molar-refractivity contribution in [2.45, 2.75) is 45.5 Å². The van der Waals surface area contributed by atoms with Crippen molar-refractivity contribution in [3.8, 4) is 0 Å². The largest absolute Gasteiger partial charge is 0.303 e. The molecular formula is C20H22F2N6S. The van der Waals surface area contributed by atoms with Crippen LogP contribution in [0.15, 0.2) is 12.4 Å². The lowest BCUT2D eigenvalue weighted by molar-refractivity contribution is 0.146. The van der Waals surface area contributed by atoms with E-state index in [9.17, 15) is 8.78 Å². The number of fused-ring (bicyclic) bond motifs is 5. The summed E-state index contributed by atoms with van der Waals surface area (Å²) in [5.41, 5.74) is 2.03. The highest BCUT2D eigenvalue weighted by Gasteiger charge is 2.22. The Bertz CT molecular complexity index is 1190. The molecule has 0 unspecified atom stereocenters. The van der Waals surface area contributed by atoms with Crippen molar-refractivity contribution in [2.24, 2.45) is 0 Å². The number of hydrogen-bond acceptors (Lipinski definition) is 6. The van der Waals surface area contributed by atoms with E-state index in [1.165, 1.54) is 36.7 Å². The van der Waals surface area contributed by atoms with E-state index >= 15 is 0 Å². The molecule has 1 atom stereocenters. The van der Waals surface area contributed by atoms with Crippen LogP contribution >= 0.6 is 11.3 Å². The normalized spacial score (nSPS) is 17.1. The lowest BCUT2D eigenvalue weighted by atomic mass is 10.1. The molecule has 0 aliphatic carbocycles. The third-order valence-electron chi connectivity index (χ3n) is 5.65. The van der Waals surface area contributed by atoms with Gasteiger partial charge in [0, 0.05) is 17.8 Å². The Morgan fingerprint density at radius 1 is 1.17 bits per heavy atom. The first-order chi connectivity index (χ1) is 14.0. The number of nitrogens with zero attached hydrogens (tertiary/aromatic N) is 6. The van der Waals surface area contributed by atoms with Crippen molar-refractivity contribution in [1.29, 1.82) is 0 Å². The summed E-state index contributed by atoms with van der Waals surface area (Å²) in [5, 5.41) is 5.47. The van der Waals surface area contributed by atoms with E-state index in [1.54, 1.807) is 10.8 Å². The maximum absolute atomic E-state index is 13.2. The average molecular weight is 417 g/mol. The van der Waals surface area contributed by atoms with Crippen molar-refractivity contribution in [3.05, 3.63) is 29.5 Å². The number of likely N-dealkylation sites (tertiary alicyclic amines) is 1. The number of thiophene rings is 1. The quantitative estimate of drug-likeness (QED) is 0.482. The summed E-state index contributed by atoms with van der Waals surface area (Å²) in [5.74, 6) is 1.00. The van der Waals surface area contributed by atoms with Crippen LogP contribution in [0.3, 0.4) is 0 Å². The summed E-state index contributed by atoms with van der Waals surface area (Å²) in [4.78, 5) is 16.6. The van der Waals surface area contributed by atoms with Crippen LogP contribution in [0, 0.1) is 6.92 Å². The number of pyridine rings is 1. The maximum atomic E-state index is 13.2. The van der Waals surface area contributed by atoms with Gasteiger partial charge in [0.25, 0.3) is 6.43 Å². The summed E-state index contributed by atoms with van der Waals surface area (Å²) in [6.07, 6.45) is 2.89. The van der Waals surface area contributed by atoms with Crippen molar-refractivity contribution in [3.63, 3.8) is 0 Å². The molecule has 1 saturated heterocycles. The summed E-state index contributed by atoms with van der Waals surface area (Å²) in [6.45, 7) is 7.19. The second-order valence-corrected chi connectivity index (χ2v) is 8.87. The van der Waals surface area contributed by atoms with Gasteiger partial charge in [-0.2, -0.15) is 0 Å². The summed E-state index contributed by atoms with van der Waals surface area (Å²) >= 11 is 1.36. The minimum absolute atomic E-state index is 0.199. The van der Waals surface area contributed by atoms with E-state index in [4.69, 9.17) is 4.98 Å². The predicted octanol–water partition coefficient (Wildman–Crippen LogP) is 4.72. The molecule has 0 bridgehead atoms. The third-order valence-corrected chi connectivity index (χ3v) is 6.71. The SMILES string of the molecule is Cc1cc(C(F)F)nc2sc3c(ncn4nc([C@@H](C)CN5CCCCC5)nc34)c12. The van der Waals surface area contributed by atoms with E-state index in [1.807, 2.05) is 6.92 Å². The summed E-state index contributed by atoms with van der Waals surface area (Å²) in [6, 6.07) is 1.45. The topological polar surface area (TPSA) is 59.2 Å². The van der Waals surface area contributed by atoms with Crippen molar-refractivity contribution >= 4 is 37.4 Å². The van der Waals surface area contributed by atoms with Crippen LogP contribution in [0.1, 0.15) is 55.6 Å². The van der Waals surface area contributed by atoms with Crippen LogP contribution < -0.4 is 0 Å². The molecule has 4 aromatic rings. The Morgan fingerprint density at radius 3 is 2.72 bits per heavy atom. The summed E-state index contributed by atoms with van der Waals surface area (Å²) < 4.78 is 28.9. The minimum Gasteiger partial charge on any atom is -0.303 e. The number of rotatable bonds is 4. The van der Waals surface area contributed by atoms with Gasteiger partial charge >= 0.3 is 0 Å². The molecule has 152 valence electrons. The molecule has 29 heavy (non-hydrogen) atoms. The second-order valence-electron chi connectivity index (χ2n) is 7.87. The van der Waals surface area contributed by atoms with Crippen molar-refractivity contribution < 1.29 is 8.78 Å². The predicted molar refractivity (Wildman–Crippen MR) is 110 cm³/mol. The molecule has 0 amide bonds. The van der Waals surface area contributed by atoms with Gasteiger partial charge < -0.3 is 4.90 Å². The van der Waals surface area contributed by atoms with Crippen LogP contribution in [-0.2, 0) is 0 Å². The molecule has 0 aromatic carbocycles. The van der Waals surface area contributed by atoms with Gasteiger partial charge in [-0.15, -0.1) is 16.4 Å². The molecule has 6 nitrogen and oxygen atoms in total. The van der Waals surface area contributed by atoms with Gasteiger partial charge in [-0.25, -0.2) is 28.2 Å². The first-order valence-corrected chi connectivity index (χ1v) is 10.8. The average Bonchev–Trinajstić information content (AvgIpc) is 3.30. The molecule has 0 radical (unpaired) electrons. The van der Waals surface area contributed by atoms with Gasteiger partial charge in [0.15, 0.2) is 11.5 Å². The second kappa shape index (κ2) is 7.21. The van der Waals surface area contributed by atoms with Gasteiger partial charge in [-0.05, 0) is 44.5 Å². The molecular weight excluding hydrogens is 394 g/mol. The van der Waals surface area contributed by atoms with Gasteiger partial charge in [-0.3, -0.25) is 0 Å². The van der Waals surface area contributed by atoms with Crippen LogP contribution in [-0.4, -0.2) is 49.1 Å². The zero-order valence-corrected chi connectivity index (χ0v) is 17.2. The van der Waals surface area contributed by atoms with Crippen molar-refractivity contribution in [1.82, 2.24) is 29.5 Å². The van der Waals surface area contributed by atoms with Gasteiger partial charge in [-0.1, -0.05) is 13.3 Å². The lowest BCUT2D eigenvalue weighted by Gasteiger charge is -2.28. The van der Waals surface area contributed by atoms with E-state index in [0.717, 1.165) is 52.3 Å². The van der Waals surface area contributed by atoms with E-state index in [0.29, 0.717) is 4.83 Å². The Balaban J connectivity index is 1.58. The highest BCUT2D eigenvalue weighted by Crippen LogP contribution is 2.37. The van der Waals surface area contributed by atoms with E-state index in [-0.39, 0.29) is 11.6 Å². The molecule has 5 heterocycles. The Morgan fingerprint density at radius 2 is 1.97 bits per heavy atom. The number of hydrogen-bond donors (Lipinski definition) is 0. The molecule has 4 aromatic heterocycles. The monoisotopic (exact) mass is 416 g/mol. The molecule has 9 heteroatoms. The first kappa shape index (κ1) is 18.7. The number of halogens is 2. The van der Waals surface area contributed by atoms with Gasteiger partial charge in [0.1, 0.15) is 21.6 Å². The number of alkyl halides is 2.